The molecule has 0 spiro atoms. The fraction of sp³-hybridized carbons (Fsp3) is 0.471. The van der Waals surface area contributed by atoms with Gasteiger partial charge in [0.2, 0.25) is 0 Å². The van der Waals surface area contributed by atoms with Crippen molar-refractivity contribution in [1.29, 1.82) is 0 Å². The van der Waals surface area contributed by atoms with E-state index in [-0.39, 0.29) is 0 Å². The van der Waals surface area contributed by atoms with Gasteiger partial charge in [-0.2, -0.15) is 0 Å². The van der Waals surface area contributed by atoms with Crippen molar-refractivity contribution in [1.82, 2.24) is 10.3 Å². The van der Waals surface area contributed by atoms with Crippen LogP contribution in [0.5, 0.6) is 0 Å². The number of aryl methyl sites for hydroxylation is 2. The second-order valence-corrected chi connectivity index (χ2v) is 5.68. The zero-order chi connectivity index (χ0) is 13.8. The first-order chi connectivity index (χ1) is 9.83. The maximum absolute atomic E-state index is 5.39. The average molecular weight is 270 g/mol. The minimum Gasteiger partial charge on any atom is -0.469 e. The lowest BCUT2D eigenvalue weighted by Crippen LogP contribution is -2.33. The standard InChI is InChI=1S/C17H22N2O/c1-13(9-10-15-7-4-12-20-15)19-16-8-2-5-14-6-3-11-18-17(14)16/h3-4,6-7,11-13,16,19H,2,5,8-10H2,1H3. The van der Waals surface area contributed by atoms with Crippen LogP contribution in [0.25, 0.3) is 0 Å². The number of pyridine rings is 1. The Hall–Kier alpha value is -1.61. The van der Waals surface area contributed by atoms with E-state index in [0.29, 0.717) is 12.1 Å². The van der Waals surface area contributed by atoms with E-state index in [2.05, 4.69) is 23.3 Å². The Labute approximate surface area is 120 Å². The molecule has 0 saturated heterocycles. The molecular formula is C17H22N2O. The summed E-state index contributed by atoms with van der Waals surface area (Å²) in [6.45, 7) is 2.25. The highest BCUT2D eigenvalue weighted by molar-refractivity contribution is 5.25. The summed E-state index contributed by atoms with van der Waals surface area (Å²) >= 11 is 0. The molecule has 0 aromatic carbocycles. The number of nitrogens with zero attached hydrogens (tertiary/aromatic N) is 1. The van der Waals surface area contributed by atoms with Gasteiger partial charge in [0.25, 0.3) is 0 Å². The summed E-state index contributed by atoms with van der Waals surface area (Å²) in [7, 11) is 0. The van der Waals surface area contributed by atoms with Crippen LogP contribution in [-0.4, -0.2) is 11.0 Å². The van der Waals surface area contributed by atoms with Crippen LogP contribution in [0.1, 0.15) is 49.2 Å². The highest BCUT2D eigenvalue weighted by Crippen LogP contribution is 2.28. The molecule has 0 bridgehead atoms. The van der Waals surface area contributed by atoms with Crippen molar-refractivity contribution in [3.05, 3.63) is 53.7 Å². The molecule has 1 aliphatic carbocycles. The SMILES string of the molecule is CC(CCc1ccco1)NC1CCCc2cccnc21. The Kier molecular flexibility index (Phi) is 4.16. The van der Waals surface area contributed by atoms with Gasteiger partial charge in [-0.15, -0.1) is 0 Å². The highest BCUT2D eigenvalue weighted by atomic mass is 16.3. The molecule has 3 rings (SSSR count). The van der Waals surface area contributed by atoms with Gasteiger partial charge < -0.3 is 9.73 Å². The molecular weight excluding hydrogens is 248 g/mol. The van der Waals surface area contributed by atoms with Crippen LogP contribution in [0.4, 0.5) is 0 Å². The van der Waals surface area contributed by atoms with Crippen LogP contribution >= 0.6 is 0 Å². The number of aromatic nitrogens is 1. The zero-order valence-corrected chi connectivity index (χ0v) is 12.0. The zero-order valence-electron chi connectivity index (χ0n) is 12.0. The van der Waals surface area contributed by atoms with E-state index < -0.39 is 0 Å². The van der Waals surface area contributed by atoms with E-state index in [0.717, 1.165) is 18.6 Å². The topological polar surface area (TPSA) is 38.1 Å². The molecule has 20 heavy (non-hydrogen) atoms. The number of nitrogens with one attached hydrogen (secondary N) is 1. The quantitative estimate of drug-likeness (QED) is 0.901. The maximum atomic E-state index is 5.39. The van der Waals surface area contributed by atoms with Crippen LogP contribution in [0.15, 0.2) is 41.1 Å². The second-order valence-electron chi connectivity index (χ2n) is 5.68. The van der Waals surface area contributed by atoms with Gasteiger partial charge in [-0.25, -0.2) is 0 Å². The number of hydrogen-bond donors (Lipinski definition) is 1. The first-order valence-corrected chi connectivity index (χ1v) is 7.55. The fourth-order valence-corrected chi connectivity index (χ4v) is 3.01. The first-order valence-electron chi connectivity index (χ1n) is 7.55. The van der Waals surface area contributed by atoms with E-state index in [1.807, 2.05) is 24.4 Å². The molecule has 1 aliphatic rings. The molecule has 0 saturated carbocycles. The monoisotopic (exact) mass is 270 g/mol. The largest absolute Gasteiger partial charge is 0.469 e. The van der Waals surface area contributed by atoms with E-state index in [9.17, 15) is 0 Å². The van der Waals surface area contributed by atoms with Gasteiger partial charge in [-0.3, -0.25) is 4.98 Å². The van der Waals surface area contributed by atoms with Gasteiger partial charge in [0.15, 0.2) is 0 Å². The van der Waals surface area contributed by atoms with Gasteiger partial charge >= 0.3 is 0 Å². The third-order valence-corrected chi connectivity index (χ3v) is 4.08. The fourth-order valence-electron chi connectivity index (χ4n) is 3.01. The molecule has 2 aromatic rings. The molecule has 2 aromatic heterocycles. The molecule has 0 radical (unpaired) electrons. The predicted octanol–water partition coefficient (Wildman–Crippen LogP) is 3.66. The Morgan fingerprint density at radius 1 is 1.40 bits per heavy atom. The van der Waals surface area contributed by atoms with Crippen molar-refractivity contribution < 1.29 is 4.42 Å². The summed E-state index contributed by atoms with van der Waals surface area (Å²) in [4.78, 5) is 4.58. The summed E-state index contributed by atoms with van der Waals surface area (Å²) in [6.07, 6.45) is 9.34. The van der Waals surface area contributed by atoms with Crippen LogP contribution in [0.3, 0.4) is 0 Å². The third-order valence-electron chi connectivity index (χ3n) is 4.08. The first kappa shape index (κ1) is 13.4. The van der Waals surface area contributed by atoms with Crippen molar-refractivity contribution >= 4 is 0 Å². The number of hydrogen-bond acceptors (Lipinski definition) is 3. The van der Waals surface area contributed by atoms with Crippen molar-refractivity contribution in [2.24, 2.45) is 0 Å². The number of furan rings is 1. The van der Waals surface area contributed by atoms with Gasteiger partial charge in [0.1, 0.15) is 5.76 Å². The number of rotatable bonds is 5. The lowest BCUT2D eigenvalue weighted by molar-refractivity contribution is 0.379. The molecule has 0 aliphatic heterocycles. The lowest BCUT2D eigenvalue weighted by Gasteiger charge is -2.28. The van der Waals surface area contributed by atoms with Gasteiger partial charge in [0, 0.05) is 24.7 Å². The van der Waals surface area contributed by atoms with Crippen LogP contribution in [0.2, 0.25) is 0 Å². The van der Waals surface area contributed by atoms with Crippen LogP contribution in [0, 0.1) is 0 Å². The average Bonchev–Trinajstić information content (AvgIpc) is 2.99. The van der Waals surface area contributed by atoms with E-state index >= 15 is 0 Å². The molecule has 3 heteroatoms. The molecule has 3 nitrogen and oxygen atoms in total. The molecule has 0 amide bonds. The van der Waals surface area contributed by atoms with Gasteiger partial charge in [0.05, 0.1) is 12.0 Å². The van der Waals surface area contributed by atoms with Crippen LogP contribution in [-0.2, 0) is 12.8 Å². The maximum Gasteiger partial charge on any atom is 0.103 e. The third kappa shape index (κ3) is 3.10. The second kappa shape index (κ2) is 6.23. The van der Waals surface area contributed by atoms with Crippen molar-refractivity contribution in [2.45, 2.75) is 51.1 Å². The minimum atomic E-state index is 0.409. The normalized spacial score (nSPS) is 19.6. The molecule has 2 unspecified atom stereocenters. The van der Waals surface area contributed by atoms with Gasteiger partial charge in [-0.1, -0.05) is 6.07 Å². The van der Waals surface area contributed by atoms with Crippen molar-refractivity contribution in [2.75, 3.05) is 0 Å². The number of fused-ring (bicyclic) bond motifs is 1. The van der Waals surface area contributed by atoms with E-state index in [4.69, 9.17) is 4.42 Å². The Balaban J connectivity index is 1.58. The Morgan fingerprint density at radius 3 is 3.20 bits per heavy atom. The van der Waals surface area contributed by atoms with Crippen molar-refractivity contribution in [3.63, 3.8) is 0 Å². The Morgan fingerprint density at radius 2 is 2.35 bits per heavy atom. The van der Waals surface area contributed by atoms with E-state index in [1.54, 1.807) is 6.26 Å². The molecule has 0 fully saturated rings. The molecule has 1 N–H and O–H groups in total. The smallest absolute Gasteiger partial charge is 0.103 e. The Bertz CT molecular complexity index is 536. The predicted molar refractivity (Wildman–Crippen MR) is 79.5 cm³/mol. The molecule has 2 heterocycles. The summed E-state index contributed by atoms with van der Waals surface area (Å²) in [6, 6.07) is 9.13. The summed E-state index contributed by atoms with van der Waals surface area (Å²) in [5, 5.41) is 3.73. The van der Waals surface area contributed by atoms with Crippen molar-refractivity contribution in [3.8, 4) is 0 Å². The summed E-state index contributed by atoms with van der Waals surface area (Å²) in [5.74, 6) is 1.07. The minimum absolute atomic E-state index is 0.409. The summed E-state index contributed by atoms with van der Waals surface area (Å²) in [5.41, 5.74) is 2.66. The lowest BCUT2D eigenvalue weighted by atomic mass is 9.91. The molecule has 106 valence electrons. The van der Waals surface area contributed by atoms with Gasteiger partial charge in [-0.05, 0) is 56.4 Å². The van der Waals surface area contributed by atoms with E-state index in [1.165, 1.54) is 30.5 Å². The van der Waals surface area contributed by atoms with Crippen LogP contribution < -0.4 is 5.32 Å². The highest BCUT2D eigenvalue weighted by Gasteiger charge is 2.22. The molecule has 2 atom stereocenters. The summed E-state index contributed by atoms with van der Waals surface area (Å²) < 4.78 is 5.39.